The zero-order valence-electron chi connectivity index (χ0n) is 20.1. The number of nitrogens with one attached hydrogen (secondary N) is 1. The SMILES string of the molecule is CCOc1ccccc1Oc1c(C)oc2cc(OCC(=O)Nc3cccc(C(C)=O)c3)ccc2c1=O. The second-order valence-electron chi connectivity index (χ2n) is 7.93. The van der Waals surface area contributed by atoms with E-state index in [4.69, 9.17) is 18.6 Å². The summed E-state index contributed by atoms with van der Waals surface area (Å²) in [6, 6.07) is 18.4. The number of carbonyl (C=O) groups is 2. The minimum atomic E-state index is -0.398. The van der Waals surface area contributed by atoms with E-state index in [1.165, 1.54) is 6.92 Å². The Balaban J connectivity index is 1.49. The molecule has 0 spiro atoms. The number of hydrogen-bond acceptors (Lipinski definition) is 7. The first-order valence-corrected chi connectivity index (χ1v) is 11.4. The van der Waals surface area contributed by atoms with Crippen LogP contribution in [0.2, 0.25) is 0 Å². The van der Waals surface area contributed by atoms with E-state index in [0.29, 0.717) is 51.8 Å². The van der Waals surface area contributed by atoms with Gasteiger partial charge in [-0.15, -0.1) is 0 Å². The molecule has 0 atom stereocenters. The molecule has 0 bridgehead atoms. The first-order chi connectivity index (χ1) is 17.4. The lowest BCUT2D eigenvalue weighted by Gasteiger charge is -2.13. The van der Waals surface area contributed by atoms with Crippen LogP contribution in [0.3, 0.4) is 0 Å². The largest absolute Gasteiger partial charge is 0.490 e. The molecule has 0 saturated heterocycles. The fourth-order valence-corrected chi connectivity index (χ4v) is 3.56. The standard InChI is InChI=1S/C28H25NO7/c1-4-33-23-10-5-6-11-24(23)36-28-18(3)35-25-15-21(12-13-22(25)27(28)32)34-16-26(31)29-20-9-7-8-19(14-20)17(2)30/h5-15H,4,16H2,1-3H3,(H,29,31). The maximum absolute atomic E-state index is 13.1. The van der Waals surface area contributed by atoms with Crippen LogP contribution in [0.4, 0.5) is 5.69 Å². The maximum atomic E-state index is 13.1. The smallest absolute Gasteiger partial charge is 0.262 e. The summed E-state index contributed by atoms with van der Waals surface area (Å²) in [7, 11) is 0. The van der Waals surface area contributed by atoms with Crippen molar-refractivity contribution in [2.24, 2.45) is 0 Å². The van der Waals surface area contributed by atoms with Crippen molar-refractivity contribution < 1.29 is 28.2 Å². The molecule has 8 heteroatoms. The van der Waals surface area contributed by atoms with Crippen LogP contribution in [0.15, 0.2) is 75.9 Å². The molecule has 0 fully saturated rings. The van der Waals surface area contributed by atoms with Crippen LogP contribution in [0.25, 0.3) is 11.0 Å². The summed E-state index contributed by atoms with van der Waals surface area (Å²) in [4.78, 5) is 37.0. The Morgan fingerprint density at radius 3 is 2.47 bits per heavy atom. The van der Waals surface area contributed by atoms with E-state index in [2.05, 4.69) is 5.32 Å². The van der Waals surface area contributed by atoms with Crippen LogP contribution in [-0.2, 0) is 4.79 Å². The quantitative estimate of drug-likeness (QED) is 0.310. The molecule has 0 saturated carbocycles. The van der Waals surface area contributed by atoms with Gasteiger partial charge in [-0.05, 0) is 57.2 Å². The van der Waals surface area contributed by atoms with Crippen LogP contribution < -0.4 is 25.0 Å². The zero-order valence-corrected chi connectivity index (χ0v) is 20.1. The van der Waals surface area contributed by atoms with Gasteiger partial charge in [0.05, 0.1) is 12.0 Å². The van der Waals surface area contributed by atoms with Crippen molar-refractivity contribution in [3.8, 4) is 23.0 Å². The maximum Gasteiger partial charge on any atom is 0.262 e. The van der Waals surface area contributed by atoms with Crippen LogP contribution in [0, 0.1) is 6.92 Å². The van der Waals surface area contributed by atoms with Crippen molar-refractivity contribution in [1.82, 2.24) is 0 Å². The number of hydrogen-bond donors (Lipinski definition) is 1. The van der Waals surface area contributed by atoms with Crippen LogP contribution >= 0.6 is 0 Å². The highest BCUT2D eigenvalue weighted by Crippen LogP contribution is 2.33. The summed E-state index contributed by atoms with van der Waals surface area (Å²) >= 11 is 0. The first kappa shape index (κ1) is 24.5. The van der Waals surface area contributed by atoms with Gasteiger partial charge in [0.15, 0.2) is 23.9 Å². The Kier molecular flexibility index (Phi) is 7.34. The van der Waals surface area contributed by atoms with Gasteiger partial charge >= 0.3 is 0 Å². The molecule has 184 valence electrons. The van der Waals surface area contributed by atoms with Gasteiger partial charge in [-0.3, -0.25) is 14.4 Å². The van der Waals surface area contributed by atoms with E-state index in [1.54, 1.807) is 67.6 Å². The Bertz CT molecular complexity index is 1490. The fraction of sp³-hybridized carbons (Fsp3) is 0.179. The molecule has 0 aliphatic rings. The second-order valence-corrected chi connectivity index (χ2v) is 7.93. The third kappa shape index (κ3) is 5.55. The molecule has 0 aliphatic carbocycles. The number of benzene rings is 3. The second kappa shape index (κ2) is 10.8. The number of Topliss-reactive ketones (excluding diaryl/α,β-unsaturated/α-hetero) is 1. The molecule has 8 nitrogen and oxygen atoms in total. The number of anilines is 1. The molecule has 1 aromatic heterocycles. The van der Waals surface area contributed by atoms with Crippen molar-refractivity contribution in [3.63, 3.8) is 0 Å². The predicted molar refractivity (Wildman–Crippen MR) is 135 cm³/mol. The summed E-state index contributed by atoms with van der Waals surface area (Å²) < 4.78 is 22.9. The predicted octanol–water partition coefficient (Wildman–Crippen LogP) is 5.51. The van der Waals surface area contributed by atoms with Crippen LogP contribution in [-0.4, -0.2) is 24.9 Å². The number of fused-ring (bicyclic) bond motifs is 1. The Labute approximate surface area is 207 Å². The number of ether oxygens (including phenoxy) is 3. The molecule has 0 unspecified atom stereocenters. The van der Waals surface area contributed by atoms with E-state index in [1.807, 2.05) is 13.0 Å². The Morgan fingerprint density at radius 1 is 0.944 bits per heavy atom. The number of aryl methyl sites for hydroxylation is 1. The van der Waals surface area contributed by atoms with E-state index in [-0.39, 0.29) is 23.6 Å². The molecule has 1 N–H and O–H groups in total. The molecule has 4 rings (SSSR count). The molecule has 0 radical (unpaired) electrons. The van der Waals surface area contributed by atoms with Gasteiger partial charge in [0.25, 0.3) is 5.91 Å². The number of rotatable bonds is 9. The van der Waals surface area contributed by atoms with Crippen molar-refractivity contribution >= 4 is 28.3 Å². The van der Waals surface area contributed by atoms with Gasteiger partial charge in [0, 0.05) is 17.3 Å². The lowest BCUT2D eigenvalue weighted by atomic mass is 10.1. The molecule has 36 heavy (non-hydrogen) atoms. The number of ketones is 1. The van der Waals surface area contributed by atoms with E-state index in [0.717, 1.165) is 0 Å². The molecule has 1 heterocycles. The fourth-order valence-electron chi connectivity index (χ4n) is 3.56. The average molecular weight is 488 g/mol. The highest BCUT2D eigenvalue weighted by atomic mass is 16.5. The summed E-state index contributed by atoms with van der Waals surface area (Å²) in [6.07, 6.45) is 0. The van der Waals surface area contributed by atoms with Gasteiger partial charge < -0.3 is 23.9 Å². The minimum Gasteiger partial charge on any atom is -0.490 e. The monoisotopic (exact) mass is 487 g/mol. The van der Waals surface area contributed by atoms with Gasteiger partial charge in [-0.25, -0.2) is 0 Å². The van der Waals surface area contributed by atoms with Crippen molar-refractivity contribution in [1.29, 1.82) is 0 Å². The first-order valence-electron chi connectivity index (χ1n) is 11.4. The van der Waals surface area contributed by atoms with Gasteiger partial charge in [0.2, 0.25) is 11.2 Å². The van der Waals surface area contributed by atoms with Crippen molar-refractivity contribution in [2.45, 2.75) is 20.8 Å². The van der Waals surface area contributed by atoms with E-state index < -0.39 is 5.91 Å². The number of para-hydroxylation sites is 2. The molecule has 1 amide bonds. The highest BCUT2D eigenvalue weighted by Gasteiger charge is 2.17. The third-order valence-corrected chi connectivity index (χ3v) is 5.27. The Hall–Kier alpha value is -4.59. The molecular formula is C28H25NO7. The zero-order chi connectivity index (χ0) is 25.7. The molecule has 0 aliphatic heterocycles. The van der Waals surface area contributed by atoms with Gasteiger partial charge in [0.1, 0.15) is 17.1 Å². The average Bonchev–Trinajstić information content (AvgIpc) is 2.86. The highest BCUT2D eigenvalue weighted by molar-refractivity contribution is 5.97. The molecular weight excluding hydrogens is 462 g/mol. The topological polar surface area (TPSA) is 104 Å². The van der Waals surface area contributed by atoms with Crippen molar-refractivity contribution in [3.05, 3.63) is 88.3 Å². The summed E-state index contributed by atoms with van der Waals surface area (Å²) in [5.74, 6) is 1.15. The number of amides is 1. The van der Waals surface area contributed by atoms with E-state index in [9.17, 15) is 14.4 Å². The van der Waals surface area contributed by atoms with Crippen molar-refractivity contribution in [2.75, 3.05) is 18.5 Å². The summed E-state index contributed by atoms with van der Waals surface area (Å²) in [6.45, 7) is 5.14. The number of carbonyl (C=O) groups excluding carboxylic acids is 2. The molecule has 4 aromatic rings. The van der Waals surface area contributed by atoms with Gasteiger partial charge in [-0.1, -0.05) is 24.3 Å². The Morgan fingerprint density at radius 2 is 1.72 bits per heavy atom. The lowest BCUT2D eigenvalue weighted by Crippen LogP contribution is -2.20. The summed E-state index contributed by atoms with van der Waals surface area (Å²) in [5, 5.41) is 3.00. The summed E-state index contributed by atoms with van der Waals surface area (Å²) in [5.41, 5.74) is 0.956. The van der Waals surface area contributed by atoms with Crippen LogP contribution in [0.5, 0.6) is 23.0 Å². The minimum absolute atomic E-state index is 0.0653. The van der Waals surface area contributed by atoms with Crippen LogP contribution in [0.1, 0.15) is 30.0 Å². The lowest BCUT2D eigenvalue weighted by molar-refractivity contribution is -0.118. The van der Waals surface area contributed by atoms with Gasteiger partial charge in [-0.2, -0.15) is 0 Å². The normalized spacial score (nSPS) is 10.6. The molecule has 3 aromatic carbocycles. The van der Waals surface area contributed by atoms with E-state index >= 15 is 0 Å². The third-order valence-electron chi connectivity index (χ3n) is 5.27.